The molecule has 1 saturated carbocycles. The van der Waals surface area contributed by atoms with E-state index in [1.165, 1.54) is 12.5 Å². The van der Waals surface area contributed by atoms with Gasteiger partial charge >= 0.3 is 0 Å². The van der Waals surface area contributed by atoms with Crippen LogP contribution >= 0.6 is 0 Å². The molecule has 3 heteroatoms. The number of rotatable bonds is 3. The summed E-state index contributed by atoms with van der Waals surface area (Å²) in [7, 11) is 1.77. The molecule has 2 nitrogen and oxygen atoms in total. The van der Waals surface area contributed by atoms with Gasteiger partial charge in [-0.25, -0.2) is 4.39 Å². The zero-order valence-electron chi connectivity index (χ0n) is 8.22. The molecule has 1 aromatic rings. The Morgan fingerprint density at radius 3 is 2.71 bits per heavy atom. The Morgan fingerprint density at radius 2 is 2.21 bits per heavy atom. The van der Waals surface area contributed by atoms with Gasteiger partial charge in [-0.3, -0.25) is 0 Å². The highest BCUT2D eigenvalue weighted by molar-refractivity contribution is 5.46. The largest absolute Gasteiger partial charge is 0.487 e. The van der Waals surface area contributed by atoms with Gasteiger partial charge in [-0.05, 0) is 31.4 Å². The second kappa shape index (κ2) is 3.86. The van der Waals surface area contributed by atoms with E-state index in [4.69, 9.17) is 4.74 Å². The van der Waals surface area contributed by atoms with Gasteiger partial charge in [0.05, 0.1) is 6.10 Å². The number of benzene rings is 1. The molecule has 1 N–H and O–H groups in total. The predicted octanol–water partition coefficient (Wildman–Crippen LogP) is 2.80. The number of nitrogens with one attached hydrogen (secondary N) is 1. The van der Waals surface area contributed by atoms with Crippen molar-refractivity contribution in [2.45, 2.75) is 25.4 Å². The third kappa shape index (κ3) is 1.81. The summed E-state index contributed by atoms with van der Waals surface area (Å²) < 4.78 is 18.9. The van der Waals surface area contributed by atoms with Crippen LogP contribution in [0.25, 0.3) is 0 Å². The lowest BCUT2D eigenvalue weighted by molar-refractivity contribution is 0.115. The second-order valence-electron chi connectivity index (χ2n) is 3.57. The van der Waals surface area contributed by atoms with Crippen LogP contribution in [0.2, 0.25) is 0 Å². The summed E-state index contributed by atoms with van der Waals surface area (Å²) in [5.41, 5.74) is 0.767. The molecule has 1 aliphatic carbocycles. The standard InChI is InChI=1S/C11H14FNO/c1-13-8-5-6-11(10(12)7-8)14-9-3-2-4-9/h5-7,9,13H,2-4H2,1H3. The van der Waals surface area contributed by atoms with Crippen molar-refractivity contribution >= 4 is 5.69 Å². The van der Waals surface area contributed by atoms with E-state index in [2.05, 4.69) is 5.32 Å². The molecular weight excluding hydrogens is 181 g/mol. The number of anilines is 1. The van der Waals surface area contributed by atoms with Crippen molar-refractivity contribution in [1.29, 1.82) is 0 Å². The molecule has 0 aliphatic heterocycles. The van der Waals surface area contributed by atoms with E-state index >= 15 is 0 Å². The highest BCUT2D eigenvalue weighted by Crippen LogP contribution is 2.28. The SMILES string of the molecule is CNc1ccc(OC2CCC2)c(F)c1. The first-order valence-corrected chi connectivity index (χ1v) is 4.93. The minimum absolute atomic E-state index is 0.227. The molecule has 0 unspecified atom stereocenters. The van der Waals surface area contributed by atoms with Crippen molar-refractivity contribution in [1.82, 2.24) is 0 Å². The van der Waals surface area contributed by atoms with Crippen molar-refractivity contribution < 1.29 is 9.13 Å². The minimum Gasteiger partial charge on any atom is -0.487 e. The van der Waals surface area contributed by atoms with Crippen LogP contribution in [0.15, 0.2) is 18.2 Å². The van der Waals surface area contributed by atoms with Crippen LogP contribution in [0.3, 0.4) is 0 Å². The van der Waals surface area contributed by atoms with Gasteiger partial charge in [0.2, 0.25) is 0 Å². The Kier molecular flexibility index (Phi) is 2.57. The summed E-state index contributed by atoms with van der Waals surface area (Å²) in [6.45, 7) is 0. The van der Waals surface area contributed by atoms with E-state index in [-0.39, 0.29) is 11.9 Å². The van der Waals surface area contributed by atoms with Crippen molar-refractivity contribution in [2.24, 2.45) is 0 Å². The van der Waals surface area contributed by atoms with Gasteiger partial charge < -0.3 is 10.1 Å². The highest BCUT2D eigenvalue weighted by Gasteiger charge is 2.20. The molecule has 0 saturated heterocycles. The van der Waals surface area contributed by atoms with Crippen LogP contribution in [0.1, 0.15) is 19.3 Å². The van der Waals surface area contributed by atoms with Gasteiger partial charge in [0, 0.05) is 18.8 Å². The molecular formula is C11H14FNO. The van der Waals surface area contributed by atoms with Gasteiger partial charge in [0.25, 0.3) is 0 Å². The van der Waals surface area contributed by atoms with Crippen molar-refractivity contribution in [3.63, 3.8) is 0 Å². The summed E-state index contributed by atoms with van der Waals surface area (Å²) in [6, 6.07) is 4.95. The summed E-state index contributed by atoms with van der Waals surface area (Å²) in [4.78, 5) is 0. The summed E-state index contributed by atoms with van der Waals surface area (Å²) in [5.74, 6) is 0.0810. The van der Waals surface area contributed by atoms with E-state index in [1.54, 1.807) is 13.1 Å². The second-order valence-corrected chi connectivity index (χ2v) is 3.57. The van der Waals surface area contributed by atoms with Crippen LogP contribution in [0.4, 0.5) is 10.1 Å². The Balaban J connectivity index is 2.09. The molecule has 1 fully saturated rings. The fourth-order valence-corrected chi connectivity index (χ4v) is 1.42. The first-order valence-electron chi connectivity index (χ1n) is 4.93. The van der Waals surface area contributed by atoms with Crippen molar-refractivity contribution in [3.05, 3.63) is 24.0 Å². The molecule has 0 heterocycles. The molecule has 0 radical (unpaired) electrons. The molecule has 14 heavy (non-hydrogen) atoms. The lowest BCUT2D eigenvalue weighted by atomic mass is 9.96. The molecule has 1 aliphatic rings. The maximum Gasteiger partial charge on any atom is 0.167 e. The Bertz CT molecular complexity index is 323. The normalized spacial score (nSPS) is 16.1. The number of halogens is 1. The quantitative estimate of drug-likeness (QED) is 0.800. The Labute approximate surface area is 83.1 Å². The molecule has 2 rings (SSSR count). The molecule has 0 amide bonds. The van der Waals surface area contributed by atoms with Gasteiger partial charge in [-0.1, -0.05) is 0 Å². The maximum absolute atomic E-state index is 13.4. The zero-order valence-corrected chi connectivity index (χ0v) is 8.22. The third-order valence-electron chi connectivity index (χ3n) is 2.57. The summed E-state index contributed by atoms with van der Waals surface area (Å²) in [5, 5.41) is 2.88. The van der Waals surface area contributed by atoms with E-state index in [0.717, 1.165) is 18.5 Å². The lowest BCUT2D eigenvalue weighted by Crippen LogP contribution is -2.24. The first kappa shape index (κ1) is 9.31. The van der Waals surface area contributed by atoms with E-state index in [1.807, 2.05) is 6.07 Å². The average molecular weight is 195 g/mol. The van der Waals surface area contributed by atoms with Crippen LogP contribution < -0.4 is 10.1 Å². The Hall–Kier alpha value is -1.25. The number of hydrogen-bond donors (Lipinski definition) is 1. The van der Waals surface area contributed by atoms with Gasteiger partial charge in [-0.2, -0.15) is 0 Å². The smallest absolute Gasteiger partial charge is 0.167 e. The van der Waals surface area contributed by atoms with E-state index < -0.39 is 0 Å². The average Bonchev–Trinajstić information content (AvgIpc) is 2.13. The fourth-order valence-electron chi connectivity index (χ4n) is 1.42. The van der Waals surface area contributed by atoms with Gasteiger partial charge in [-0.15, -0.1) is 0 Å². The summed E-state index contributed by atoms with van der Waals surface area (Å²) in [6.07, 6.45) is 3.52. The minimum atomic E-state index is -0.288. The monoisotopic (exact) mass is 195 g/mol. The highest BCUT2D eigenvalue weighted by atomic mass is 19.1. The predicted molar refractivity (Wildman–Crippen MR) is 54.2 cm³/mol. The summed E-state index contributed by atoms with van der Waals surface area (Å²) >= 11 is 0. The van der Waals surface area contributed by atoms with E-state index in [0.29, 0.717) is 5.75 Å². The Morgan fingerprint density at radius 1 is 1.43 bits per heavy atom. The molecule has 0 aromatic heterocycles. The topological polar surface area (TPSA) is 21.3 Å². The molecule has 76 valence electrons. The first-order chi connectivity index (χ1) is 6.79. The number of hydrogen-bond acceptors (Lipinski definition) is 2. The third-order valence-corrected chi connectivity index (χ3v) is 2.57. The zero-order chi connectivity index (χ0) is 9.97. The van der Waals surface area contributed by atoms with E-state index in [9.17, 15) is 4.39 Å². The maximum atomic E-state index is 13.4. The number of ether oxygens (including phenoxy) is 1. The van der Waals surface area contributed by atoms with Crippen LogP contribution in [0.5, 0.6) is 5.75 Å². The van der Waals surface area contributed by atoms with Crippen LogP contribution in [-0.4, -0.2) is 13.2 Å². The molecule has 0 bridgehead atoms. The van der Waals surface area contributed by atoms with Gasteiger partial charge in [0.15, 0.2) is 11.6 Å². The fraction of sp³-hybridized carbons (Fsp3) is 0.455. The van der Waals surface area contributed by atoms with Crippen LogP contribution in [-0.2, 0) is 0 Å². The molecule has 0 atom stereocenters. The van der Waals surface area contributed by atoms with Gasteiger partial charge in [0.1, 0.15) is 0 Å². The van der Waals surface area contributed by atoms with Crippen LogP contribution in [0, 0.1) is 5.82 Å². The van der Waals surface area contributed by atoms with Crippen molar-refractivity contribution in [2.75, 3.05) is 12.4 Å². The molecule has 0 spiro atoms. The lowest BCUT2D eigenvalue weighted by Gasteiger charge is -2.26. The van der Waals surface area contributed by atoms with Crippen molar-refractivity contribution in [3.8, 4) is 5.75 Å². The molecule has 1 aromatic carbocycles.